The molecule has 2 aliphatic heterocycles. The van der Waals surface area contributed by atoms with Crippen molar-refractivity contribution in [3.8, 4) is 11.1 Å². The van der Waals surface area contributed by atoms with E-state index in [1.165, 1.54) is 40.7 Å². The van der Waals surface area contributed by atoms with Gasteiger partial charge in [0.25, 0.3) is 0 Å². The van der Waals surface area contributed by atoms with Crippen LogP contribution >= 0.6 is 0 Å². The van der Waals surface area contributed by atoms with Crippen molar-refractivity contribution in [1.82, 2.24) is 9.80 Å². The molecule has 0 bridgehead atoms. The van der Waals surface area contributed by atoms with Gasteiger partial charge < -0.3 is 4.90 Å². The lowest BCUT2D eigenvalue weighted by Gasteiger charge is -2.27. The van der Waals surface area contributed by atoms with Gasteiger partial charge in [-0.1, -0.05) is 53.6 Å². The van der Waals surface area contributed by atoms with E-state index in [-0.39, 0.29) is 6.04 Å². The van der Waals surface area contributed by atoms with Gasteiger partial charge in [0.1, 0.15) is 0 Å². The van der Waals surface area contributed by atoms with E-state index in [0.717, 1.165) is 39.0 Å². The van der Waals surface area contributed by atoms with Crippen molar-refractivity contribution in [1.29, 1.82) is 0 Å². The summed E-state index contributed by atoms with van der Waals surface area (Å²) >= 11 is 0. The van der Waals surface area contributed by atoms with E-state index in [0.29, 0.717) is 5.91 Å². The van der Waals surface area contributed by atoms with Crippen LogP contribution in [-0.4, -0.2) is 41.4 Å². The van der Waals surface area contributed by atoms with Gasteiger partial charge in [0.15, 0.2) is 0 Å². The predicted molar refractivity (Wildman–Crippen MR) is 111 cm³/mol. The van der Waals surface area contributed by atoms with Gasteiger partial charge in [-0.05, 0) is 62.8 Å². The molecule has 2 aromatic carbocycles. The Balaban J connectivity index is 1.45. The third-order valence-electron chi connectivity index (χ3n) is 5.96. The number of benzene rings is 2. The molecule has 0 aromatic heterocycles. The number of hydrogen-bond donors (Lipinski definition) is 0. The standard InChI is InChI=1S/C24H30N2O/c1-18-14-19(2)16-22(15-18)21-9-7-20(8-10-21)17-26-13-5-6-23(26)24(27)25-11-3-4-12-25/h7-10,14-16,23H,3-6,11-13,17H2,1-2H3. The number of amides is 1. The first-order valence-corrected chi connectivity index (χ1v) is 10.3. The van der Waals surface area contributed by atoms with Crippen molar-refractivity contribution in [2.45, 2.75) is 52.1 Å². The van der Waals surface area contributed by atoms with Crippen LogP contribution in [0.1, 0.15) is 42.4 Å². The maximum absolute atomic E-state index is 12.8. The first-order valence-electron chi connectivity index (χ1n) is 10.3. The summed E-state index contributed by atoms with van der Waals surface area (Å²) in [5.74, 6) is 0.358. The van der Waals surface area contributed by atoms with Gasteiger partial charge in [0, 0.05) is 19.6 Å². The number of likely N-dealkylation sites (tertiary alicyclic amines) is 2. The molecular formula is C24H30N2O. The second kappa shape index (κ2) is 7.85. The molecule has 0 spiro atoms. The minimum absolute atomic E-state index is 0.0854. The summed E-state index contributed by atoms with van der Waals surface area (Å²) < 4.78 is 0. The molecule has 0 radical (unpaired) electrons. The zero-order valence-corrected chi connectivity index (χ0v) is 16.6. The highest BCUT2D eigenvalue weighted by molar-refractivity contribution is 5.82. The Morgan fingerprint density at radius 2 is 1.56 bits per heavy atom. The average molecular weight is 363 g/mol. The normalized spacial score (nSPS) is 20.4. The predicted octanol–water partition coefficient (Wildman–Crippen LogP) is 4.56. The fraction of sp³-hybridized carbons (Fsp3) is 0.458. The Bertz CT molecular complexity index is 785. The Kier molecular flexibility index (Phi) is 5.31. The maximum atomic E-state index is 12.8. The van der Waals surface area contributed by atoms with E-state index in [4.69, 9.17) is 0 Å². The average Bonchev–Trinajstić information content (AvgIpc) is 3.33. The van der Waals surface area contributed by atoms with Gasteiger partial charge in [-0.15, -0.1) is 0 Å². The number of carbonyl (C=O) groups excluding carboxylic acids is 1. The molecule has 0 N–H and O–H groups in total. The number of hydrogen-bond acceptors (Lipinski definition) is 2. The second-order valence-corrected chi connectivity index (χ2v) is 8.23. The van der Waals surface area contributed by atoms with Crippen LogP contribution in [0.15, 0.2) is 42.5 Å². The van der Waals surface area contributed by atoms with Crippen LogP contribution in [-0.2, 0) is 11.3 Å². The molecule has 27 heavy (non-hydrogen) atoms. The number of rotatable bonds is 4. The Morgan fingerprint density at radius 1 is 0.889 bits per heavy atom. The summed E-state index contributed by atoms with van der Waals surface area (Å²) in [6.45, 7) is 8.10. The van der Waals surface area contributed by atoms with Crippen LogP contribution in [0.2, 0.25) is 0 Å². The molecule has 2 saturated heterocycles. The third kappa shape index (κ3) is 4.08. The minimum Gasteiger partial charge on any atom is -0.341 e. The van der Waals surface area contributed by atoms with Crippen LogP contribution in [0.25, 0.3) is 11.1 Å². The SMILES string of the molecule is Cc1cc(C)cc(-c2ccc(CN3CCCC3C(=O)N3CCCC3)cc2)c1. The van der Waals surface area contributed by atoms with Crippen LogP contribution in [0.4, 0.5) is 0 Å². The third-order valence-corrected chi connectivity index (χ3v) is 5.96. The van der Waals surface area contributed by atoms with Crippen molar-refractivity contribution < 1.29 is 4.79 Å². The van der Waals surface area contributed by atoms with E-state index >= 15 is 0 Å². The highest BCUT2D eigenvalue weighted by Gasteiger charge is 2.34. The summed E-state index contributed by atoms with van der Waals surface area (Å²) in [4.78, 5) is 17.3. The van der Waals surface area contributed by atoms with E-state index in [1.54, 1.807) is 0 Å². The number of aryl methyl sites for hydroxylation is 2. The monoisotopic (exact) mass is 362 g/mol. The van der Waals surface area contributed by atoms with Crippen molar-refractivity contribution >= 4 is 5.91 Å². The van der Waals surface area contributed by atoms with Gasteiger partial charge in [-0.25, -0.2) is 0 Å². The Hall–Kier alpha value is -2.13. The molecule has 3 heteroatoms. The topological polar surface area (TPSA) is 23.6 Å². The quantitative estimate of drug-likeness (QED) is 0.796. The fourth-order valence-corrected chi connectivity index (χ4v) is 4.62. The summed E-state index contributed by atoms with van der Waals surface area (Å²) in [6.07, 6.45) is 4.47. The van der Waals surface area contributed by atoms with Crippen molar-refractivity contribution in [2.75, 3.05) is 19.6 Å². The van der Waals surface area contributed by atoms with E-state index in [1.807, 2.05) is 0 Å². The molecule has 2 heterocycles. The molecule has 1 amide bonds. The van der Waals surface area contributed by atoms with Gasteiger partial charge >= 0.3 is 0 Å². The molecule has 0 aliphatic carbocycles. The van der Waals surface area contributed by atoms with E-state index in [9.17, 15) is 4.79 Å². The maximum Gasteiger partial charge on any atom is 0.239 e. The number of nitrogens with zero attached hydrogens (tertiary/aromatic N) is 2. The van der Waals surface area contributed by atoms with Crippen LogP contribution in [0, 0.1) is 13.8 Å². The highest BCUT2D eigenvalue weighted by Crippen LogP contribution is 2.26. The van der Waals surface area contributed by atoms with Crippen molar-refractivity contribution in [3.05, 3.63) is 59.2 Å². The lowest BCUT2D eigenvalue weighted by atomic mass is 9.99. The fourth-order valence-electron chi connectivity index (χ4n) is 4.62. The first kappa shape index (κ1) is 18.2. The van der Waals surface area contributed by atoms with Gasteiger partial charge in [0.2, 0.25) is 5.91 Å². The van der Waals surface area contributed by atoms with Gasteiger partial charge in [-0.2, -0.15) is 0 Å². The molecule has 3 nitrogen and oxygen atoms in total. The van der Waals surface area contributed by atoms with Crippen LogP contribution < -0.4 is 0 Å². The zero-order chi connectivity index (χ0) is 18.8. The Labute approximate surface area is 163 Å². The molecule has 1 unspecified atom stereocenters. The minimum atomic E-state index is 0.0854. The Morgan fingerprint density at radius 3 is 2.22 bits per heavy atom. The molecule has 2 fully saturated rings. The second-order valence-electron chi connectivity index (χ2n) is 8.23. The molecule has 0 saturated carbocycles. The molecule has 4 rings (SSSR count). The molecule has 2 aliphatic rings. The summed E-state index contributed by atoms with van der Waals surface area (Å²) in [5.41, 5.74) is 6.44. The van der Waals surface area contributed by atoms with Gasteiger partial charge in [0.05, 0.1) is 6.04 Å². The lowest BCUT2D eigenvalue weighted by molar-refractivity contribution is -0.135. The summed E-state index contributed by atoms with van der Waals surface area (Å²) in [6, 6.07) is 15.7. The molecule has 1 atom stereocenters. The molecule has 142 valence electrons. The van der Waals surface area contributed by atoms with Gasteiger partial charge in [-0.3, -0.25) is 9.69 Å². The van der Waals surface area contributed by atoms with Crippen LogP contribution in [0.5, 0.6) is 0 Å². The number of carbonyl (C=O) groups is 1. The summed E-state index contributed by atoms with van der Waals surface area (Å²) in [7, 11) is 0. The largest absolute Gasteiger partial charge is 0.341 e. The molecular weight excluding hydrogens is 332 g/mol. The molecule has 2 aromatic rings. The summed E-state index contributed by atoms with van der Waals surface area (Å²) in [5, 5.41) is 0. The van der Waals surface area contributed by atoms with E-state index < -0.39 is 0 Å². The lowest BCUT2D eigenvalue weighted by Crippen LogP contribution is -2.44. The highest BCUT2D eigenvalue weighted by atomic mass is 16.2. The van der Waals surface area contributed by atoms with E-state index in [2.05, 4.69) is 66.1 Å². The van der Waals surface area contributed by atoms with Crippen molar-refractivity contribution in [2.24, 2.45) is 0 Å². The zero-order valence-electron chi connectivity index (χ0n) is 16.6. The van der Waals surface area contributed by atoms with Crippen molar-refractivity contribution in [3.63, 3.8) is 0 Å². The smallest absolute Gasteiger partial charge is 0.239 e. The van der Waals surface area contributed by atoms with Crippen LogP contribution in [0.3, 0.4) is 0 Å². The first-order chi connectivity index (χ1) is 13.1.